The number of benzene rings is 1. The van der Waals surface area contributed by atoms with Crippen LogP contribution in [0.1, 0.15) is 0 Å². The normalized spacial score (nSPS) is 11.1. The molecule has 0 amide bonds. The highest BCUT2D eigenvalue weighted by Gasteiger charge is 2.18. The van der Waals surface area contributed by atoms with Crippen LogP contribution in [0.15, 0.2) is 42.6 Å². The molecule has 0 saturated heterocycles. The molecular weight excluding hydrogens is 365 g/mol. The van der Waals surface area contributed by atoms with Gasteiger partial charge in [0.2, 0.25) is 0 Å². The fourth-order valence-electron chi connectivity index (χ4n) is 2.68. The summed E-state index contributed by atoms with van der Waals surface area (Å²) in [5, 5.41) is 8.95. The molecule has 4 rings (SSSR count). The van der Waals surface area contributed by atoms with Crippen molar-refractivity contribution < 1.29 is 4.74 Å². The Labute approximate surface area is 152 Å². The van der Waals surface area contributed by atoms with Crippen LogP contribution >= 0.6 is 34.5 Å². The van der Waals surface area contributed by atoms with Crippen molar-refractivity contribution >= 4 is 45.6 Å². The maximum atomic E-state index is 6.10. The summed E-state index contributed by atoms with van der Waals surface area (Å²) >= 11 is 13.7. The Hall–Kier alpha value is -2.08. The van der Waals surface area contributed by atoms with Gasteiger partial charge in [-0.2, -0.15) is 5.10 Å². The molecule has 0 spiro atoms. The van der Waals surface area contributed by atoms with Crippen molar-refractivity contribution in [1.29, 1.82) is 0 Å². The SMILES string of the molecule is COc1cc(Cl)ccc1-c1[nH]nc2nccc(-c3ccc(Cl)s3)c12. The van der Waals surface area contributed by atoms with E-state index in [-0.39, 0.29) is 0 Å². The minimum atomic E-state index is 0.614. The van der Waals surface area contributed by atoms with E-state index >= 15 is 0 Å². The Balaban J connectivity index is 2.01. The summed E-state index contributed by atoms with van der Waals surface area (Å²) in [4.78, 5) is 5.41. The number of halogens is 2. The Kier molecular flexibility index (Phi) is 3.92. The summed E-state index contributed by atoms with van der Waals surface area (Å²) in [5.41, 5.74) is 3.38. The summed E-state index contributed by atoms with van der Waals surface area (Å²) in [7, 11) is 1.62. The first-order chi connectivity index (χ1) is 11.7. The summed E-state index contributed by atoms with van der Waals surface area (Å²) in [5.74, 6) is 0.673. The quantitative estimate of drug-likeness (QED) is 0.501. The standard InChI is InChI=1S/C17H11Cl2N3OS/c1-23-12-8-9(18)2-3-10(12)16-15-11(13-4-5-14(19)24-13)6-7-20-17(15)22-21-16/h2-8H,1H3,(H,20,21,22). The second-order valence-corrected chi connectivity index (χ2v) is 7.26. The Morgan fingerprint density at radius 3 is 2.71 bits per heavy atom. The molecule has 0 bridgehead atoms. The van der Waals surface area contributed by atoms with E-state index in [1.807, 2.05) is 30.3 Å². The van der Waals surface area contributed by atoms with Crippen LogP contribution < -0.4 is 4.74 Å². The summed E-state index contributed by atoms with van der Waals surface area (Å²) < 4.78 is 6.22. The van der Waals surface area contributed by atoms with Crippen LogP contribution in [0, 0.1) is 0 Å². The number of nitrogens with one attached hydrogen (secondary N) is 1. The van der Waals surface area contributed by atoms with Gasteiger partial charge in [-0.05, 0) is 36.4 Å². The molecule has 1 aromatic carbocycles. The Morgan fingerprint density at radius 2 is 1.96 bits per heavy atom. The smallest absolute Gasteiger partial charge is 0.182 e. The second-order valence-electron chi connectivity index (χ2n) is 5.10. The molecule has 0 fully saturated rings. The molecule has 4 nitrogen and oxygen atoms in total. The molecule has 120 valence electrons. The number of aromatic amines is 1. The summed E-state index contributed by atoms with van der Waals surface area (Å²) in [6.45, 7) is 0. The van der Waals surface area contributed by atoms with E-state index in [2.05, 4.69) is 15.2 Å². The van der Waals surface area contributed by atoms with E-state index in [4.69, 9.17) is 27.9 Å². The maximum absolute atomic E-state index is 6.10. The molecule has 24 heavy (non-hydrogen) atoms. The molecule has 0 aliphatic carbocycles. The fourth-order valence-corrected chi connectivity index (χ4v) is 3.91. The molecular formula is C17H11Cl2N3OS. The molecule has 7 heteroatoms. The van der Waals surface area contributed by atoms with E-state index in [1.165, 1.54) is 11.3 Å². The summed E-state index contributed by atoms with van der Waals surface area (Å²) in [6.07, 6.45) is 1.75. The van der Waals surface area contributed by atoms with Gasteiger partial charge < -0.3 is 4.74 Å². The highest BCUT2D eigenvalue weighted by molar-refractivity contribution is 7.19. The van der Waals surface area contributed by atoms with Gasteiger partial charge in [0.1, 0.15) is 5.75 Å². The number of rotatable bonds is 3. The van der Waals surface area contributed by atoms with Crippen molar-refractivity contribution in [2.45, 2.75) is 0 Å². The number of fused-ring (bicyclic) bond motifs is 1. The van der Waals surface area contributed by atoms with E-state index in [0.717, 1.165) is 31.4 Å². The first-order valence-corrected chi connectivity index (χ1v) is 8.67. The minimum absolute atomic E-state index is 0.614. The zero-order valence-corrected chi connectivity index (χ0v) is 14.8. The molecule has 1 N–H and O–H groups in total. The second kappa shape index (κ2) is 6.09. The Bertz CT molecular complexity index is 1040. The van der Waals surface area contributed by atoms with Gasteiger partial charge in [0.15, 0.2) is 5.65 Å². The highest BCUT2D eigenvalue weighted by Crippen LogP contribution is 2.41. The van der Waals surface area contributed by atoms with Crippen LogP contribution in [0.25, 0.3) is 32.7 Å². The van der Waals surface area contributed by atoms with Crippen molar-refractivity contribution in [3.8, 4) is 27.4 Å². The number of aromatic nitrogens is 3. The number of pyridine rings is 1. The monoisotopic (exact) mass is 375 g/mol. The number of methoxy groups -OCH3 is 1. The van der Waals surface area contributed by atoms with Gasteiger partial charge in [0.05, 0.1) is 22.5 Å². The van der Waals surface area contributed by atoms with Crippen LogP contribution in [0.4, 0.5) is 0 Å². The number of hydrogen-bond donors (Lipinski definition) is 1. The van der Waals surface area contributed by atoms with Crippen molar-refractivity contribution in [3.05, 3.63) is 52.0 Å². The van der Waals surface area contributed by atoms with Gasteiger partial charge in [-0.1, -0.05) is 23.2 Å². The summed E-state index contributed by atoms with van der Waals surface area (Å²) in [6, 6.07) is 11.4. The zero-order valence-electron chi connectivity index (χ0n) is 12.5. The number of thiophene rings is 1. The van der Waals surface area contributed by atoms with Gasteiger partial charge >= 0.3 is 0 Å². The number of H-pyrrole nitrogens is 1. The molecule has 4 aromatic rings. The van der Waals surface area contributed by atoms with Gasteiger partial charge in [0, 0.05) is 27.2 Å². The van der Waals surface area contributed by atoms with E-state index < -0.39 is 0 Å². The topological polar surface area (TPSA) is 50.8 Å². The van der Waals surface area contributed by atoms with Crippen LogP contribution in [0.3, 0.4) is 0 Å². The van der Waals surface area contributed by atoms with Crippen molar-refractivity contribution in [3.63, 3.8) is 0 Å². The molecule has 0 aliphatic rings. The van der Waals surface area contributed by atoms with Crippen LogP contribution in [0.5, 0.6) is 5.75 Å². The first-order valence-electron chi connectivity index (χ1n) is 7.10. The third-order valence-corrected chi connectivity index (χ3v) is 5.23. The third kappa shape index (κ3) is 2.55. The van der Waals surface area contributed by atoms with Crippen molar-refractivity contribution in [1.82, 2.24) is 15.2 Å². The lowest BCUT2D eigenvalue weighted by Gasteiger charge is -2.09. The van der Waals surface area contributed by atoms with Gasteiger partial charge in [-0.15, -0.1) is 11.3 Å². The lowest BCUT2D eigenvalue weighted by molar-refractivity contribution is 0.416. The largest absolute Gasteiger partial charge is 0.496 e. The number of hydrogen-bond acceptors (Lipinski definition) is 4. The average Bonchev–Trinajstić information content (AvgIpc) is 3.21. The molecule has 0 aliphatic heterocycles. The first kappa shape index (κ1) is 15.4. The van der Waals surface area contributed by atoms with Crippen molar-refractivity contribution in [2.75, 3.05) is 7.11 Å². The lowest BCUT2D eigenvalue weighted by Crippen LogP contribution is -1.89. The molecule has 3 aromatic heterocycles. The van der Waals surface area contributed by atoms with E-state index in [9.17, 15) is 0 Å². The van der Waals surface area contributed by atoms with Crippen LogP contribution in [0.2, 0.25) is 9.36 Å². The fraction of sp³-hybridized carbons (Fsp3) is 0.0588. The van der Waals surface area contributed by atoms with E-state index in [1.54, 1.807) is 19.4 Å². The van der Waals surface area contributed by atoms with Gasteiger partial charge in [0.25, 0.3) is 0 Å². The number of ether oxygens (including phenoxy) is 1. The predicted molar refractivity (Wildman–Crippen MR) is 99.2 cm³/mol. The molecule has 3 heterocycles. The van der Waals surface area contributed by atoms with Crippen LogP contribution in [-0.2, 0) is 0 Å². The predicted octanol–water partition coefficient (Wildman–Crippen LogP) is 5.67. The third-order valence-electron chi connectivity index (χ3n) is 3.73. The molecule has 0 unspecified atom stereocenters. The highest BCUT2D eigenvalue weighted by atomic mass is 35.5. The van der Waals surface area contributed by atoms with Crippen LogP contribution in [-0.4, -0.2) is 22.3 Å². The van der Waals surface area contributed by atoms with Gasteiger partial charge in [-0.25, -0.2) is 4.98 Å². The lowest BCUT2D eigenvalue weighted by atomic mass is 10.0. The average molecular weight is 376 g/mol. The van der Waals surface area contributed by atoms with Crippen molar-refractivity contribution in [2.24, 2.45) is 0 Å². The van der Waals surface area contributed by atoms with Gasteiger partial charge in [-0.3, -0.25) is 5.10 Å². The molecule has 0 atom stereocenters. The Morgan fingerprint density at radius 1 is 1.08 bits per heavy atom. The number of nitrogens with zero attached hydrogens (tertiary/aromatic N) is 2. The molecule has 0 radical (unpaired) electrons. The molecule has 0 saturated carbocycles. The van der Waals surface area contributed by atoms with E-state index in [0.29, 0.717) is 16.4 Å². The maximum Gasteiger partial charge on any atom is 0.182 e. The zero-order chi connectivity index (χ0) is 16.7. The minimum Gasteiger partial charge on any atom is -0.496 e.